The summed E-state index contributed by atoms with van der Waals surface area (Å²) in [4.78, 5) is 44.8. The van der Waals surface area contributed by atoms with E-state index in [2.05, 4.69) is 32.3 Å². The maximum absolute atomic E-state index is 12.4. The molecular weight excluding hydrogens is 474 g/mol. The molecule has 2 aromatic heterocycles. The zero-order chi connectivity index (χ0) is 26.2. The monoisotopic (exact) mass is 503 g/mol. The van der Waals surface area contributed by atoms with E-state index in [9.17, 15) is 14.4 Å². The smallest absolute Gasteiger partial charge is 0.435 e. The van der Waals surface area contributed by atoms with Gasteiger partial charge in [-0.1, -0.05) is 36.9 Å². The molecule has 2 heterocycles. The minimum atomic E-state index is -0.700. The van der Waals surface area contributed by atoms with Crippen molar-refractivity contribution < 1.29 is 19.1 Å². The summed E-state index contributed by atoms with van der Waals surface area (Å²) >= 11 is 0. The molecule has 1 saturated carbocycles. The van der Waals surface area contributed by atoms with Crippen LogP contribution in [0.25, 0.3) is 0 Å². The number of nitrogens with one attached hydrogen (secondary N) is 2. The SMILES string of the molecule is C=CC(=O)NC1CCC[C@@H](Nc2cnc(C(N)=O)c(Cc3cnn(C(=O)OCc4ccccc4)c3)n2)C1. The van der Waals surface area contributed by atoms with E-state index >= 15 is 0 Å². The highest BCUT2D eigenvalue weighted by Crippen LogP contribution is 2.22. The molecule has 1 fully saturated rings. The second kappa shape index (κ2) is 11.9. The molecule has 2 atom stereocenters. The van der Waals surface area contributed by atoms with E-state index in [-0.39, 0.29) is 36.7 Å². The van der Waals surface area contributed by atoms with E-state index in [0.29, 0.717) is 17.1 Å². The standard InChI is InChI=1S/C26H29N7O4/c1-2-23(34)31-20-10-6-9-19(12-20)30-22-14-28-24(25(27)35)21(32-22)11-18-13-29-33(15-18)26(36)37-16-17-7-4-3-5-8-17/h2-5,7-8,13-15,19-20H,1,6,9-12,16H2,(H2,27,35)(H,30,32)(H,31,34)/t19-,20?/m1/s1. The van der Waals surface area contributed by atoms with Crippen LogP contribution in [0.1, 0.15) is 53.0 Å². The van der Waals surface area contributed by atoms with E-state index in [1.165, 1.54) is 24.7 Å². The van der Waals surface area contributed by atoms with Crippen LogP contribution in [0.15, 0.2) is 61.6 Å². The average molecular weight is 504 g/mol. The van der Waals surface area contributed by atoms with Gasteiger partial charge in [0, 0.05) is 24.7 Å². The van der Waals surface area contributed by atoms with Gasteiger partial charge in [0.25, 0.3) is 5.91 Å². The van der Waals surface area contributed by atoms with Crippen molar-refractivity contribution in [2.45, 2.75) is 50.8 Å². The van der Waals surface area contributed by atoms with Gasteiger partial charge in [-0.2, -0.15) is 9.78 Å². The molecule has 11 heteroatoms. The molecule has 1 aromatic carbocycles. The highest BCUT2D eigenvalue weighted by Gasteiger charge is 2.24. The van der Waals surface area contributed by atoms with Crippen LogP contribution in [0, 0.1) is 0 Å². The minimum Gasteiger partial charge on any atom is -0.443 e. The summed E-state index contributed by atoms with van der Waals surface area (Å²) in [5.41, 5.74) is 7.43. The molecule has 4 N–H and O–H groups in total. The molecular formula is C26H29N7O4. The van der Waals surface area contributed by atoms with E-state index in [1.807, 2.05) is 30.3 Å². The summed E-state index contributed by atoms with van der Waals surface area (Å²) < 4.78 is 6.40. The third kappa shape index (κ3) is 7.00. The largest absolute Gasteiger partial charge is 0.443 e. The van der Waals surface area contributed by atoms with Crippen LogP contribution in [-0.2, 0) is 22.6 Å². The predicted molar refractivity (Wildman–Crippen MR) is 136 cm³/mol. The third-order valence-corrected chi connectivity index (χ3v) is 6.04. The first-order chi connectivity index (χ1) is 17.9. The molecule has 192 valence electrons. The van der Waals surface area contributed by atoms with Crippen molar-refractivity contribution in [3.63, 3.8) is 0 Å². The Kier molecular flexibility index (Phi) is 8.24. The van der Waals surface area contributed by atoms with Crippen molar-refractivity contribution in [3.8, 4) is 0 Å². The molecule has 3 aromatic rings. The summed E-state index contributed by atoms with van der Waals surface area (Å²) in [6, 6.07) is 9.45. The number of anilines is 1. The van der Waals surface area contributed by atoms with Crippen LogP contribution < -0.4 is 16.4 Å². The van der Waals surface area contributed by atoms with E-state index in [1.54, 1.807) is 0 Å². The van der Waals surface area contributed by atoms with Gasteiger partial charge in [0.2, 0.25) is 5.91 Å². The van der Waals surface area contributed by atoms with Crippen LogP contribution in [0.4, 0.5) is 10.6 Å². The summed E-state index contributed by atoms with van der Waals surface area (Å²) in [5, 5.41) is 10.4. The zero-order valence-electron chi connectivity index (χ0n) is 20.3. The van der Waals surface area contributed by atoms with Crippen molar-refractivity contribution in [1.82, 2.24) is 25.1 Å². The quantitative estimate of drug-likeness (QED) is 0.377. The van der Waals surface area contributed by atoms with Gasteiger partial charge in [-0.25, -0.2) is 14.8 Å². The van der Waals surface area contributed by atoms with Crippen molar-refractivity contribution >= 4 is 23.7 Å². The van der Waals surface area contributed by atoms with Crippen LogP contribution in [0.5, 0.6) is 0 Å². The Morgan fingerprint density at radius 3 is 2.68 bits per heavy atom. The van der Waals surface area contributed by atoms with Gasteiger partial charge in [0.15, 0.2) is 0 Å². The normalized spacial score (nSPS) is 17.0. The second-order valence-corrected chi connectivity index (χ2v) is 8.84. The number of carbonyl (C=O) groups is 3. The fourth-order valence-corrected chi connectivity index (χ4v) is 4.28. The molecule has 2 amide bonds. The molecule has 1 unspecified atom stereocenters. The number of aromatic nitrogens is 4. The van der Waals surface area contributed by atoms with Gasteiger partial charge in [-0.15, -0.1) is 0 Å². The maximum Gasteiger partial charge on any atom is 0.435 e. The Morgan fingerprint density at radius 2 is 1.92 bits per heavy atom. The first kappa shape index (κ1) is 25.5. The number of carbonyl (C=O) groups excluding carboxylic acids is 3. The predicted octanol–water partition coefficient (Wildman–Crippen LogP) is 2.57. The van der Waals surface area contributed by atoms with Crippen LogP contribution >= 0.6 is 0 Å². The lowest BCUT2D eigenvalue weighted by atomic mass is 9.91. The van der Waals surface area contributed by atoms with Crippen LogP contribution in [-0.4, -0.2) is 49.7 Å². The number of hydrogen-bond acceptors (Lipinski definition) is 8. The Labute approximate surface area is 214 Å². The number of rotatable bonds is 9. The van der Waals surface area contributed by atoms with E-state index in [0.717, 1.165) is 35.9 Å². The van der Waals surface area contributed by atoms with Crippen molar-refractivity contribution in [2.24, 2.45) is 5.73 Å². The van der Waals surface area contributed by atoms with Gasteiger partial charge >= 0.3 is 6.09 Å². The lowest BCUT2D eigenvalue weighted by Crippen LogP contribution is -2.41. The molecule has 37 heavy (non-hydrogen) atoms. The van der Waals surface area contributed by atoms with Gasteiger partial charge in [-0.3, -0.25) is 9.59 Å². The molecule has 0 saturated heterocycles. The highest BCUT2D eigenvalue weighted by molar-refractivity contribution is 5.92. The van der Waals surface area contributed by atoms with Crippen molar-refractivity contribution in [3.05, 3.63) is 84.1 Å². The van der Waals surface area contributed by atoms with Gasteiger partial charge < -0.3 is 21.1 Å². The van der Waals surface area contributed by atoms with Gasteiger partial charge in [0.05, 0.1) is 18.1 Å². The molecule has 1 aliphatic rings. The molecule has 0 aliphatic heterocycles. The Bertz CT molecular complexity index is 1270. The second-order valence-electron chi connectivity index (χ2n) is 8.84. The number of nitrogens with zero attached hydrogens (tertiary/aromatic N) is 4. The first-order valence-corrected chi connectivity index (χ1v) is 12.0. The van der Waals surface area contributed by atoms with E-state index in [4.69, 9.17) is 10.5 Å². The minimum absolute atomic E-state index is 0.0431. The summed E-state index contributed by atoms with van der Waals surface area (Å²) in [5.74, 6) is -0.396. The number of hydrogen-bond donors (Lipinski definition) is 3. The molecule has 11 nitrogen and oxygen atoms in total. The fraction of sp³-hybridized carbons (Fsp3) is 0.308. The molecule has 0 radical (unpaired) electrons. The number of nitrogens with two attached hydrogens (primary N) is 1. The number of amides is 2. The number of ether oxygens (including phenoxy) is 1. The van der Waals surface area contributed by atoms with Crippen LogP contribution in [0.2, 0.25) is 0 Å². The third-order valence-electron chi connectivity index (χ3n) is 6.04. The average Bonchev–Trinajstić information content (AvgIpc) is 3.36. The summed E-state index contributed by atoms with van der Waals surface area (Å²) in [7, 11) is 0. The summed E-state index contributed by atoms with van der Waals surface area (Å²) in [6.07, 6.45) is 8.81. The Hall–Kier alpha value is -4.54. The number of benzene rings is 1. The lowest BCUT2D eigenvalue weighted by Gasteiger charge is -2.30. The fourth-order valence-electron chi connectivity index (χ4n) is 4.28. The van der Waals surface area contributed by atoms with Crippen molar-refractivity contribution in [2.75, 3.05) is 5.32 Å². The zero-order valence-corrected chi connectivity index (χ0v) is 20.3. The van der Waals surface area contributed by atoms with Crippen LogP contribution in [0.3, 0.4) is 0 Å². The molecule has 4 rings (SSSR count). The summed E-state index contributed by atoms with van der Waals surface area (Å²) in [6.45, 7) is 3.62. The highest BCUT2D eigenvalue weighted by atomic mass is 16.6. The maximum atomic E-state index is 12.4. The number of primary amides is 1. The lowest BCUT2D eigenvalue weighted by molar-refractivity contribution is -0.117. The van der Waals surface area contributed by atoms with E-state index < -0.39 is 12.0 Å². The molecule has 0 bridgehead atoms. The van der Waals surface area contributed by atoms with Gasteiger partial charge in [0.1, 0.15) is 18.1 Å². The van der Waals surface area contributed by atoms with Crippen molar-refractivity contribution in [1.29, 1.82) is 0 Å². The molecule has 0 spiro atoms. The topological polar surface area (TPSA) is 154 Å². The van der Waals surface area contributed by atoms with Gasteiger partial charge in [-0.05, 0) is 42.9 Å². The Morgan fingerprint density at radius 1 is 1.14 bits per heavy atom. The first-order valence-electron chi connectivity index (χ1n) is 12.0. The molecule has 1 aliphatic carbocycles. The Balaban J connectivity index is 1.42.